The summed E-state index contributed by atoms with van der Waals surface area (Å²) in [5, 5.41) is 3.52. The number of thioether (sulfide) groups is 1. The Morgan fingerprint density at radius 1 is 1.06 bits per heavy atom. The summed E-state index contributed by atoms with van der Waals surface area (Å²) in [5.41, 5.74) is 0. The van der Waals surface area contributed by atoms with E-state index < -0.39 is 0 Å². The van der Waals surface area contributed by atoms with E-state index in [9.17, 15) is 0 Å². The van der Waals surface area contributed by atoms with Gasteiger partial charge in [0.25, 0.3) is 0 Å². The zero-order valence-corrected chi connectivity index (χ0v) is 13.2. The summed E-state index contributed by atoms with van der Waals surface area (Å²) in [7, 11) is 0. The minimum Gasteiger partial charge on any atom is -0.316 e. The van der Waals surface area contributed by atoms with Crippen molar-refractivity contribution >= 4 is 11.8 Å². The van der Waals surface area contributed by atoms with Crippen molar-refractivity contribution in [3.05, 3.63) is 0 Å². The van der Waals surface area contributed by atoms with Crippen LogP contribution in [0, 0.1) is 5.92 Å². The van der Waals surface area contributed by atoms with Gasteiger partial charge < -0.3 is 10.2 Å². The third-order valence-electron chi connectivity index (χ3n) is 3.45. The number of hydrogen-bond acceptors (Lipinski definition) is 3. The normalized spacial score (nSPS) is 18.2. The number of nitrogens with one attached hydrogen (secondary N) is 1. The lowest BCUT2D eigenvalue weighted by molar-refractivity contribution is 0.287. The third kappa shape index (κ3) is 9.23. The third-order valence-corrected chi connectivity index (χ3v) is 4.49. The Morgan fingerprint density at radius 3 is 2.72 bits per heavy atom. The average Bonchev–Trinajstić information content (AvgIpc) is 2.61. The van der Waals surface area contributed by atoms with Gasteiger partial charge in [0.1, 0.15) is 0 Å². The first-order chi connectivity index (χ1) is 8.79. The minimum atomic E-state index is 0.783. The monoisotopic (exact) mass is 272 g/mol. The molecule has 0 radical (unpaired) electrons. The lowest BCUT2D eigenvalue weighted by atomic mass is 10.1. The van der Waals surface area contributed by atoms with Crippen molar-refractivity contribution < 1.29 is 0 Å². The molecule has 1 fully saturated rings. The minimum absolute atomic E-state index is 0.783. The molecular weight excluding hydrogens is 240 g/mol. The van der Waals surface area contributed by atoms with Gasteiger partial charge in [-0.25, -0.2) is 0 Å². The Kier molecular flexibility index (Phi) is 10.1. The molecule has 108 valence electrons. The molecule has 0 aromatic rings. The van der Waals surface area contributed by atoms with Crippen LogP contribution in [0.4, 0.5) is 0 Å². The molecule has 0 aromatic carbocycles. The molecule has 0 saturated carbocycles. The van der Waals surface area contributed by atoms with E-state index in [0.717, 1.165) is 5.92 Å². The van der Waals surface area contributed by atoms with Gasteiger partial charge in [0.2, 0.25) is 0 Å². The molecule has 0 bridgehead atoms. The van der Waals surface area contributed by atoms with Crippen LogP contribution in [0.2, 0.25) is 0 Å². The van der Waals surface area contributed by atoms with Crippen LogP contribution in [0.5, 0.6) is 0 Å². The molecule has 3 heteroatoms. The van der Waals surface area contributed by atoms with Gasteiger partial charge in [-0.05, 0) is 57.1 Å². The number of nitrogens with zero attached hydrogens (tertiary/aromatic N) is 1. The van der Waals surface area contributed by atoms with Gasteiger partial charge in [-0.15, -0.1) is 0 Å². The summed E-state index contributed by atoms with van der Waals surface area (Å²) in [6.07, 6.45) is 6.95. The molecule has 1 heterocycles. The predicted molar refractivity (Wildman–Crippen MR) is 84.6 cm³/mol. The van der Waals surface area contributed by atoms with Crippen LogP contribution >= 0.6 is 11.8 Å². The number of hydrogen-bond donors (Lipinski definition) is 1. The van der Waals surface area contributed by atoms with Gasteiger partial charge in [0.15, 0.2) is 0 Å². The summed E-state index contributed by atoms with van der Waals surface area (Å²) in [4.78, 5) is 2.66. The van der Waals surface area contributed by atoms with Crippen LogP contribution in [0.15, 0.2) is 0 Å². The van der Waals surface area contributed by atoms with Crippen LogP contribution in [0.25, 0.3) is 0 Å². The van der Waals surface area contributed by atoms with Gasteiger partial charge in [-0.1, -0.05) is 26.7 Å². The highest BCUT2D eigenvalue weighted by atomic mass is 32.2. The number of unbranched alkanes of at least 4 members (excludes halogenated alkanes) is 3. The summed E-state index contributed by atoms with van der Waals surface area (Å²) < 4.78 is 0. The predicted octanol–water partition coefficient (Wildman–Crippen LogP) is 3.23. The zero-order valence-electron chi connectivity index (χ0n) is 12.4. The second-order valence-electron chi connectivity index (χ2n) is 5.82. The van der Waals surface area contributed by atoms with Gasteiger partial charge in [-0.2, -0.15) is 11.8 Å². The number of rotatable bonds is 9. The Labute approximate surface area is 118 Å². The fraction of sp³-hybridized carbons (Fsp3) is 1.00. The van der Waals surface area contributed by atoms with E-state index in [1.165, 1.54) is 76.3 Å². The standard InChI is InChI=1S/C15H32N2S/c1-15(2)14-16-8-5-3-4-6-9-17-10-7-12-18-13-11-17/h15-16H,3-14H2,1-2H3. The van der Waals surface area contributed by atoms with E-state index in [4.69, 9.17) is 0 Å². The highest BCUT2D eigenvalue weighted by Gasteiger charge is 2.07. The Hall–Kier alpha value is 0.270. The maximum Gasteiger partial charge on any atom is 0.00723 e. The van der Waals surface area contributed by atoms with E-state index in [-0.39, 0.29) is 0 Å². The molecule has 1 rings (SSSR count). The highest BCUT2D eigenvalue weighted by Crippen LogP contribution is 2.11. The van der Waals surface area contributed by atoms with Crippen LogP contribution in [0.1, 0.15) is 46.0 Å². The lowest BCUT2D eigenvalue weighted by Crippen LogP contribution is -2.27. The molecule has 0 aliphatic carbocycles. The van der Waals surface area contributed by atoms with Crippen LogP contribution in [0.3, 0.4) is 0 Å². The van der Waals surface area contributed by atoms with Gasteiger partial charge in [0, 0.05) is 12.3 Å². The van der Waals surface area contributed by atoms with Crippen molar-refractivity contribution in [1.29, 1.82) is 0 Å². The van der Waals surface area contributed by atoms with Crippen molar-refractivity contribution in [3.8, 4) is 0 Å². The smallest absolute Gasteiger partial charge is 0.00723 e. The maximum absolute atomic E-state index is 3.52. The van der Waals surface area contributed by atoms with E-state index in [1.807, 2.05) is 0 Å². The first kappa shape index (κ1) is 16.3. The van der Waals surface area contributed by atoms with E-state index in [2.05, 4.69) is 35.8 Å². The van der Waals surface area contributed by atoms with Gasteiger partial charge in [0.05, 0.1) is 0 Å². The SMILES string of the molecule is CC(C)CNCCCCCCN1CCCSCC1. The molecule has 0 spiro atoms. The van der Waals surface area contributed by atoms with Crippen LogP contribution < -0.4 is 5.32 Å². The molecule has 2 nitrogen and oxygen atoms in total. The first-order valence-corrected chi connectivity index (χ1v) is 8.95. The van der Waals surface area contributed by atoms with Crippen molar-refractivity contribution in [2.24, 2.45) is 5.92 Å². The van der Waals surface area contributed by atoms with Gasteiger partial charge >= 0.3 is 0 Å². The second-order valence-corrected chi connectivity index (χ2v) is 7.04. The molecular formula is C15H32N2S. The Balaban J connectivity index is 1.83. The Morgan fingerprint density at radius 2 is 1.89 bits per heavy atom. The highest BCUT2D eigenvalue weighted by molar-refractivity contribution is 7.99. The molecule has 0 amide bonds. The fourth-order valence-electron chi connectivity index (χ4n) is 2.35. The average molecular weight is 273 g/mol. The molecule has 1 aliphatic heterocycles. The molecule has 1 N–H and O–H groups in total. The molecule has 0 aromatic heterocycles. The second kappa shape index (κ2) is 11.1. The maximum atomic E-state index is 3.52. The summed E-state index contributed by atoms with van der Waals surface area (Å²) >= 11 is 2.12. The van der Waals surface area contributed by atoms with Gasteiger partial charge in [-0.3, -0.25) is 0 Å². The van der Waals surface area contributed by atoms with Crippen molar-refractivity contribution in [3.63, 3.8) is 0 Å². The Bertz CT molecular complexity index is 177. The van der Waals surface area contributed by atoms with Crippen LogP contribution in [-0.2, 0) is 0 Å². The largest absolute Gasteiger partial charge is 0.316 e. The van der Waals surface area contributed by atoms with Crippen molar-refractivity contribution in [2.75, 3.05) is 44.2 Å². The van der Waals surface area contributed by atoms with E-state index >= 15 is 0 Å². The van der Waals surface area contributed by atoms with Crippen molar-refractivity contribution in [2.45, 2.75) is 46.0 Å². The fourth-order valence-corrected chi connectivity index (χ4v) is 3.28. The van der Waals surface area contributed by atoms with Crippen LogP contribution in [-0.4, -0.2) is 49.1 Å². The topological polar surface area (TPSA) is 15.3 Å². The quantitative estimate of drug-likeness (QED) is 0.649. The molecule has 1 saturated heterocycles. The summed E-state index contributed by atoms with van der Waals surface area (Å²) in [6.45, 7) is 10.9. The first-order valence-electron chi connectivity index (χ1n) is 7.80. The molecule has 1 aliphatic rings. The molecule has 0 atom stereocenters. The van der Waals surface area contributed by atoms with E-state index in [1.54, 1.807) is 0 Å². The molecule has 0 unspecified atom stereocenters. The lowest BCUT2D eigenvalue weighted by Gasteiger charge is -2.18. The summed E-state index contributed by atoms with van der Waals surface area (Å²) in [5.74, 6) is 3.50. The van der Waals surface area contributed by atoms with E-state index in [0.29, 0.717) is 0 Å². The summed E-state index contributed by atoms with van der Waals surface area (Å²) in [6, 6.07) is 0. The zero-order chi connectivity index (χ0) is 13.1. The molecule has 18 heavy (non-hydrogen) atoms. The van der Waals surface area contributed by atoms with Crippen molar-refractivity contribution in [1.82, 2.24) is 10.2 Å².